The Hall–Kier alpha value is -0.890. The second kappa shape index (κ2) is 7.39. The van der Waals surface area contributed by atoms with Gasteiger partial charge in [-0.1, -0.05) is 6.92 Å². The Balaban J connectivity index is 2.09. The lowest BCUT2D eigenvalue weighted by Crippen LogP contribution is -2.16. The first-order valence-electron chi connectivity index (χ1n) is 5.64. The molecule has 1 rings (SSSR count). The van der Waals surface area contributed by atoms with E-state index in [2.05, 4.69) is 11.4 Å². The number of hydrogen-bond acceptors (Lipinski definition) is 4. The van der Waals surface area contributed by atoms with Crippen LogP contribution >= 0.6 is 11.3 Å². The van der Waals surface area contributed by atoms with E-state index in [1.165, 1.54) is 16.2 Å². The van der Waals surface area contributed by atoms with E-state index < -0.39 is 0 Å². The Kier molecular flexibility index (Phi) is 6.09. The van der Waals surface area contributed by atoms with Gasteiger partial charge in [-0.3, -0.25) is 0 Å². The first-order valence-corrected chi connectivity index (χ1v) is 6.45. The monoisotopic (exact) mass is 238 g/mol. The van der Waals surface area contributed by atoms with E-state index in [9.17, 15) is 5.11 Å². The number of nitrogens with one attached hydrogen (secondary N) is 1. The van der Waals surface area contributed by atoms with E-state index in [0.717, 1.165) is 37.2 Å². The zero-order chi connectivity index (χ0) is 11.8. The molecule has 0 saturated carbocycles. The Morgan fingerprint density at radius 1 is 1.56 bits per heavy atom. The molecule has 0 fully saturated rings. The van der Waals surface area contributed by atoms with Gasteiger partial charge >= 0.3 is 0 Å². The molecule has 4 heteroatoms. The highest BCUT2D eigenvalue weighted by Crippen LogP contribution is 2.14. The standard InChI is InChI=1S/C12H18N2OS/c1-2-10(15)4-3-7-14-9-12-6-5-11(8-13)16-12/h5-6,10,14-15H,2-4,7,9H2,1H3. The third-order valence-electron chi connectivity index (χ3n) is 2.43. The minimum absolute atomic E-state index is 0.159. The van der Waals surface area contributed by atoms with Gasteiger partial charge in [0.15, 0.2) is 0 Å². The van der Waals surface area contributed by atoms with Crippen molar-refractivity contribution >= 4 is 11.3 Å². The maximum absolute atomic E-state index is 9.35. The van der Waals surface area contributed by atoms with Crippen LogP contribution in [0.3, 0.4) is 0 Å². The zero-order valence-corrected chi connectivity index (χ0v) is 10.4. The fraction of sp³-hybridized carbons (Fsp3) is 0.583. The molecule has 0 radical (unpaired) electrons. The summed E-state index contributed by atoms with van der Waals surface area (Å²) in [6, 6.07) is 5.96. The van der Waals surface area contributed by atoms with E-state index in [4.69, 9.17) is 5.26 Å². The highest BCUT2D eigenvalue weighted by atomic mass is 32.1. The van der Waals surface area contributed by atoms with Gasteiger partial charge in [-0.25, -0.2) is 0 Å². The first-order chi connectivity index (χ1) is 7.76. The van der Waals surface area contributed by atoms with Gasteiger partial charge in [-0.15, -0.1) is 11.3 Å². The number of thiophene rings is 1. The van der Waals surface area contributed by atoms with Crippen LogP contribution in [-0.4, -0.2) is 17.8 Å². The molecule has 1 atom stereocenters. The molecule has 0 saturated heterocycles. The fourth-order valence-corrected chi connectivity index (χ4v) is 2.19. The van der Waals surface area contributed by atoms with Crippen LogP contribution in [0, 0.1) is 11.3 Å². The van der Waals surface area contributed by atoms with Crippen LogP contribution in [0.2, 0.25) is 0 Å². The molecule has 0 aliphatic rings. The summed E-state index contributed by atoms with van der Waals surface area (Å²) in [5.41, 5.74) is 0. The predicted octanol–water partition coefficient (Wildman–Crippen LogP) is 2.26. The summed E-state index contributed by atoms with van der Waals surface area (Å²) in [7, 11) is 0. The summed E-state index contributed by atoms with van der Waals surface area (Å²) in [5, 5.41) is 21.3. The lowest BCUT2D eigenvalue weighted by Gasteiger charge is -2.07. The van der Waals surface area contributed by atoms with Crippen molar-refractivity contribution in [1.82, 2.24) is 5.32 Å². The Bertz CT molecular complexity index is 343. The number of nitrogens with zero attached hydrogens (tertiary/aromatic N) is 1. The van der Waals surface area contributed by atoms with Crippen molar-refractivity contribution < 1.29 is 5.11 Å². The van der Waals surface area contributed by atoms with Gasteiger partial charge in [0, 0.05) is 11.4 Å². The van der Waals surface area contributed by atoms with Gasteiger partial charge in [0.1, 0.15) is 10.9 Å². The Labute approximate surface area is 101 Å². The van der Waals surface area contributed by atoms with Gasteiger partial charge in [0.2, 0.25) is 0 Å². The van der Waals surface area contributed by atoms with Crippen molar-refractivity contribution in [3.05, 3.63) is 21.9 Å². The number of aliphatic hydroxyl groups excluding tert-OH is 1. The van der Waals surface area contributed by atoms with Crippen LogP contribution in [-0.2, 0) is 6.54 Å². The number of nitriles is 1. The minimum atomic E-state index is -0.159. The topological polar surface area (TPSA) is 56.0 Å². The average Bonchev–Trinajstić information content (AvgIpc) is 2.76. The quantitative estimate of drug-likeness (QED) is 0.716. The van der Waals surface area contributed by atoms with E-state index in [1.54, 1.807) is 0 Å². The smallest absolute Gasteiger partial charge is 0.110 e. The Morgan fingerprint density at radius 2 is 2.38 bits per heavy atom. The zero-order valence-electron chi connectivity index (χ0n) is 9.57. The molecule has 3 nitrogen and oxygen atoms in total. The van der Waals surface area contributed by atoms with Gasteiger partial charge in [-0.05, 0) is 37.9 Å². The lowest BCUT2D eigenvalue weighted by atomic mass is 10.1. The van der Waals surface area contributed by atoms with E-state index in [1.807, 2.05) is 19.1 Å². The molecule has 0 spiro atoms. The van der Waals surface area contributed by atoms with Gasteiger partial charge in [-0.2, -0.15) is 5.26 Å². The average molecular weight is 238 g/mol. The molecular weight excluding hydrogens is 220 g/mol. The van der Waals surface area contributed by atoms with Crippen molar-refractivity contribution in [2.24, 2.45) is 0 Å². The highest BCUT2D eigenvalue weighted by molar-refractivity contribution is 7.12. The summed E-state index contributed by atoms with van der Waals surface area (Å²) in [6.07, 6.45) is 2.52. The first kappa shape index (κ1) is 13.2. The molecular formula is C12H18N2OS. The minimum Gasteiger partial charge on any atom is -0.393 e. The number of aliphatic hydroxyl groups is 1. The van der Waals surface area contributed by atoms with Gasteiger partial charge < -0.3 is 10.4 Å². The van der Waals surface area contributed by atoms with Crippen LogP contribution in [0.15, 0.2) is 12.1 Å². The fourth-order valence-electron chi connectivity index (χ4n) is 1.41. The van der Waals surface area contributed by atoms with Crippen molar-refractivity contribution in [3.63, 3.8) is 0 Å². The second-order valence-electron chi connectivity index (χ2n) is 3.76. The molecule has 1 aromatic rings. The van der Waals surface area contributed by atoms with Gasteiger partial charge in [0.05, 0.1) is 6.10 Å². The second-order valence-corrected chi connectivity index (χ2v) is 4.93. The maximum atomic E-state index is 9.35. The SMILES string of the molecule is CCC(O)CCCNCc1ccc(C#N)s1. The van der Waals surface area contributed by atoms with E-state index >= 15 is 0 Å². The molecule has 0 aliphatic heterocycles. The van der Waals surface area contributed by atoms with Crippen LogP contribution in [0.1, 0.15) is 35.9 Å². The van der Waals surface area contributed by atoms with Crippen LogP contribution < -0.4 is 5.32 Å². The normalized spacial score (nSPS) is 12.3. The molecule has 1 aromatic heterocycles. The van der Waals surface area contributed by atoms with Crippen molar-refractivity contribution in [2.75, 3.05) is 6.54 Å². The van der Waals surface area contributed by atoms with Crippen molar-refractivity contribution in [3.8, 4) is 6.07 Å². The highest BCUT2D eigenvalue weighted by Gasteiger charge is 2.01. The molecule has 2 N–H and O–H groups in total. The third kappa shape index (κ3) is 4.75. The third-order valence-corrected chi connectivity index (χ3v) is 3.42. The van der Waals surface area contributed by atoms with Crippen LogP contribution in [0.25, 0.3) is 0 Å². The summed E-state index contributed by atoms with van der Waals surface area (Å²) in [5.74, 6) is 0. The Morgan fingerprint density at radius 3 is 3.00 bits per heavy atom. The molecule has 1 unspecified atom stereocenters. The largest absolute Gasteiger partial charge is 0.393 e. The number of rotatable bonds is 7. The summed E-state index contributed by atoms with van der Waals surface area (Å²) < 4.78 is 0. The van der Waals surface area contributed by atoms with E-state index in [0.29, 0.717) is 0 Å². The molecule has 1 heterocycles. The summed E-state index contributed by atoms with van der Waals surface area (Å²) in [6.45, 7) is 3.72. The van der Waals surface area contributed by atoms with Crippen molar-refractivity contribution in [2.45, 2.75) is 38.8 Å². The maximum Gasteiger partial charge on any atom is 0.110 e. The van der Waals surface area contributed by atoms with Crippen LogP contribution in [0.4, 0.5) is 0 Å². The molecule has 88 valence electrons. The molecule has 0 aliphatic carbocycles. The molecule has 0 aromatic carbocycles. The van der Waals surface area contributed by atoms with Crippen molar-refractivity contribution in [1.29, 1.82) is 5.26 Å². The van der Waals surface area contributed by atoms with Gasteiger partial charge in [0.25, 0.3) is 0 Å². The van der Waals surface area contributed by atoms with Crippen LogP contribution in [0.5, 0.6) is 0 Å². The lowest BCUT2D eigenvalue weighted by molar-refractivity contribution is 0.157. The summed E-state index contributed by atoms with van der Waals surface area (Å²) in [4.78, 5) is 1.95. The molecule has 0 bridgehead atoms. The molecule has 0 amide bonds. The molecule has 16 heavy (non-hydrogen) atoms. The predicted molar refractivity (Wildman–Crippen MR) is 66.3 cm³/mol. The summed E-state index contributed by atoms with van der Waals surface area (Å²) >= 11 is 1.53. The number of hydrogen-bond donors (Lipinski definition) is 2. The van der Waals surface area contributed by atoms with E-state index in [-0.39, 0.29) is 6.10 Å².